The van der Waals surface area contributed by atoms with Crippen molar-refractivity contribution >= 4 is 52.9 Å². The summed E-state index contributed by atoms with van der Waals surface area (Å²) in [5.41, 5.74) is 1.28. The van der Waals surface area contributed by atoms with Gasteiger partial charge < -0.3 is 29.6 Å². The number of nitrogens with one attached hydrogen (secondary N) is 2. The van der Waals surface area contributed by atoms with Gasteiger partial charge in [0.25, 0.3) is 11.8 Å². The molecule has 0 radical (unpaired) electrons. The summed E-state index contributed by atoms with van der Waals surface area (Å²) in [6.07, 6.45) is 4.80. The van der Waals surface area contributed by atoms with Crippen LogP contribution >= 0.6 is 0 Å². The highest BCUT2D eigenvalue weighted by atomic mass is 16.6. The van der Waals surface area contributed by atoms with Crippen molar-refractivity contribution in [3.05, 3.63) is 148 Å². The average molecular weight is 909 g/mol. The number of esters is 4. The maximum atomic E-state index is 14.2. The summed E-state index contributed by atoms with van der Waals surface area (Å²) in [7, 11) is 1.37. The van der Waals surface area contributed by atoms with E-state index >= 15 is 0 Å². The van der Waals surface area contributed by atoms with Gasteiger partial charge in [-0.2, -0.15) is 0 Å². The third-order valence-electron chi connectivity index (χ3n) is 12.7. The van der Waals surface area contributed by atoms with Crippen molar-refractivity contribution < 1.29 is 57.3 Å². The number of amides is 2. The zero-order chi connectivity index (χ0) is 48.2. The Morgan fingerprint density at radius 2 is 1.15 bits per heavy atom. The molecular formula is C53H52N2O12. The Hall–Kier alpha value is -7.48. The number of rotatable bonds is 17. The van der Waals surface area contributed by atoms with Gasteiger partial charge in [0.1, 0.15) is 5.60 Å². The molecule has 0 spiro atoms. The number of hydrogen-bond acceptors (Lipinski definition) is 12. The summed E-state index contributed by atoms with van der Waals surface area (Å²) in [6, 6.07) is 22.0. The zero-order valence-electron chi connectivity index (χ0n) is 37.9. The lowest BCUT2D eigenvalue weighted by Crippen LogP contribution is -2.58. The maximum absolute atomic E-state index is 14.2. The lowest BCUT2D eigenvalue weighted by molar-refractivity contribution is -0.177. The number of ketones is 2. The first-order valence-corrected chi connectivity index (χ1v) is 22.0. The van der Waals surface area contributed by atoms with Gasteiger partial charge in [-0.05, 0) is 148 Å². The molecule has 14 nitrogen and oxygen atoms in total. The number of carbonyl (C=O) groups excluding carboxylic acids is 8. The van der Waals surface area contributed by atoms with Crippen LogP contribution in [0, 0.1) is 24.2 Å². The fraction of sp³-hybridized carbons (Fsp3) is 0.321. The molecule has 0 saturated heterocycles. The van der Waals surface area contributed by atoms with E-state index in [0.717, 1.165) is 24.8 Å². The Morgan fingerprint density at radius 1 is 0.612 bits per heavy atom. The van der Waals surface area contributed by atoms with Crippen LogP contribution in [-0.4, -0.2) is 79.7 Å². The molecule has 4 aromatic carbocycles. The van der Waals surface area contributed by atoms with Crippen molar-refractivity contribution in [1.29, 1.82) is 0 Å². The van der Waals surface area contributed by atoms with Crippen molar-refractivity contribution in [3.63, 3.8) is 0 Å². The largest absolute Gasteiger partial charge is 0.462 e. The van der Waals surface area contributed by atoms with Crippen LogP contribution in [0.4, 0.5) is 5.69 Å². The number of Topliss-reactive ketones (excluding diaryl/α,β-unsaturated/α-hetero) is 2. The predicted molar refractivity (Wildman–Crippen MR) is 247 cm³/mol. The molecule has 2 amide bonds. The van der Waals surface area contributed by atoms with E-state index in [0.29, 0.717) is 47.8 Å². The summed E-state index contributed by atoms with van der Waals surface area (Å²) in [5, 5.41) is 5.25. The average Bonchev–Trinajstić information content (AvgIpc) is 3.30. The lowest BCUT2D eigenvalue weighted by atomic mass is 9.48. The molecule has 2 unspecified atom stereocenters. The zero-order valence-corrected chi connectivity index (χ0v) is 37.9. The molecule has 4 aliphatic rings. The van der Waals surface area contributed by atoms with Gasteiger partial charge in [-0.25, -0.2) is 19.2 Å². The van der Waals surface area contributed by atoms with E-state index in [2.05, 4.69) is 23.8 Å². The van der Waals surface area contributed by atoms with Gasteiger partial charge in [-0.3, -0.25) is 19.2 Å². The van der Waals surface area contributed by atoms with Crippen LogP contribution in [0.15, 0.2) is 109 Å². The Morgan fingerprint density at radius 3 is 1.69 bits per heavy atom. The molecule has 2 atom stereocenters. The van der Waals surface area contributed by atoms with Crippen molar-refractivity contribution in [1.82, 2.24) is 5.32 Å². The normalized spacial score (nSPS) is 19.9. The third-order valence-corrected chi connectivity index (χ3v) is 12.7. The van der Waals surface area contributed by atoms with E-state index in [4.69, 9.17) is 18.9 Å². The molecule has 8 rings (SSSR count). The molecule has 4 bridgehead atoms. The van der Waals surface area contributed by atoms with Crippen molar-refractivity contribution in [2.75, 3.05) is 32.2 Å². The van der Waals surface area contributed by atoms with Crippen molar-refractivity contribution in [2.24, 2.45) is 17.3 Å². The minimum atomic E-state index is -0.977. The van der Waals surface area contributed by atoms with E-state index in [1.165, 1.54) is 63.4 Å². The van der Waals surface area contributed by atoms with Crippen LogP contribution in [0.5, 0.6) is 0 Å². The first-order valence-electron chi connectivity index (χ1n) is 22.0. The van der Waals surface area contributed by atoms with Gasteiger partial charge in [-0.1, -0.05) is 49.1 Å². The smallest absolute Gasteiger partial charge is 0.339 e. The van der Waals surface area contributed by atoms with Gasteiger partial charge in [0.15, 0.2) is 24.8 Å². The predicted octanol–water partition coefficient (Wildman–Crippen LogP) is 8.23. The number of aryl methyl sites for hydroxylation is 1. The molecule has 0 aliphatic heterocycles. The Bertz CT molecular complexity index is 2740. The Kier molecular flexibility index (Phi) is 13.9. The molecule has 4 fully saturated rings. The second kappa shape index (κ2) is 19.5. The topological polar surface area (TPSA) is 198 Å². The quantitative estimate of drug-likeness (QED) is 0.0586. The van der Waals surface area contributed by atoms with E-state index in [9.17, 15) is 38.4 Å². The summed E-state index contributed by atoms with van der Waals surface area (Å²) >= 11 is 0. The first-order chi connectivity index (χ1) is 31.9. The fourth-order valence-electron chi connectivity index (χ4n) is 9.88. The maximum Gasteiger partial charge on any atom is 0.339 e. The van der Waals surface area contributed by atoms with Crippen LogP contribution in [0.2, 0.25) is 0 Å². The highest BCUT2D eigenvalue weighted by Gasteiger charge is 2.60. The lowest BCUT2D eigenvalue weighted by Gasteiger charge is -2.60. The van der Waals surface area contributed by atoms with Gasteiger partial charge in [-0.15, -0.1) is 0 Å². The molecule has 4 aliphatic carbocycles. The molecule has 346 valence electrons. The number of anilines is 1. The molecule has 0 aromatic heterocycles. The molecule has 14 heteroatoms. The van der Waals surface area contributed by atoms with Crippen LogP contribution in [-0.2, 0) is 28.5 Å². The standard InChI is InChI=1S/C53H52N2O12/c1-30(2)44(56)26-64-50(62)40-15-13-35(20-42(40)46(58)54-6)36-14-16-41(51(63)65-27-45(57)31(3)4)43(21-36)47(59)55-39-12-8-11-38(19-39)49(61)67-53-24-33-18-34(25-53)23-52(22-33,28-53)29-66-48(60)37-10-7-9-32(5)17-37/h7-17,19-21,33-34H,1,3,18,22-29H2,2,4-6H3,(H,54,58)(H,55,59). The highest BCUT2D eigenvalue weighted by Crippen LogP contribution is 2.63. The summed E-state index contributed by atoms with van der Waals surface area (Å²) in [5.74, 6) is -4.63. The van der Waals surface area contributed by atoms with Crippen LogP contribution < -0.4 is 10.6 Å². The minimum Gasteiger partial charge on any atom is -0.462 e. The van der Waals surface area contributed by atoms with Gasteiger partial charge in [0.05, 0.1) is 40.0 Å². The number of hydrogen-bond donors (Lipinski definition) is 2. The van der Waals surface area contributed by atoms with Crippen LogP contribution in [0.3, 0.4) is 0 Å². The van der Waals surface area contributed by atoms with E-state index in [-0.39, 0.29) is 62.6 Å². The fourth-order valence-corrected chi connectivity index (χ4v) is 9.88. The number of ether oxygens (including phenoxy) is 4. The molecule has 0 heterocycles. The minimum absolute atomic E-state index is 0.0884. The van der Waals surface area contributed by atoms with Crippen LogP contribution in [0.25, 0.3) is 11.1 Å². The van der Waals surface area contributed by atoms with E-state index in [1.54, 1.807) is 30.3 Å². The second-order valence-corrected chi connectivity index (χ2v) is 18.2. The van der Waals surface area contributed by atoms with Gasteiger partial charge >= 0.3 is 23.9 Å². The Labute approximate surface area is 388 Å². The highest BCUT2D eigenvalue weighted by molar-refractivity contribution is 6.13. The molecular weight excluding hydrogens is 857 g/mol. The first kappa shape index (κ1) is 47.5. The van der Waals surface area contributed by atoms with Crippen LogP contribution in [0.1, 0.15) is 120 Å². The SMILES string of the molecule is C=C(C)C(=O)COC(=O)c1ccc(-c2ccc(C(=O)OCC(=O)C(=C)C)c(C(=O)Nc3cccc(C(=O)OC45CC6CC(CC(COC(=O)c7cccc(C)c7)(C6)C4)C5)c3)c2)cc1C(=O)NC. The molecule has 67 heavy (non-hydrogen) atoms. The third kappa shape index (κ3) is 10.8. The van der Waals surface area contributed by atoms with E-state index < -0.39 is 60.1 Å². The van der Waals surface area contributed by atoms with Gasteiger partial charge in [0.2, 0.25) is 0 Å². The summed E-state index contributed by atoms with van der Waals surface area (Å²) in [4.78, 5) is 105. The van der Waals surface area contributed by atoms with Crippen molar-refractivity contribution in [3.8, 4) is 11.1 Å². The summed E-state index contributed by atoms with van der Waals surface area (Å²) < 4.78 is 22.8. The monoisotopic (exact) mass is 908 g/mol. The number of carbonyl (C=O) groups is 8. The van der Waals surface area contributed by atoms with E-state index in [1.807, 2.05) is 19.1 Å². The Balaban J connectivity index is 1.12. The summed E-state index contributed by atoms with van der Waals surface area (Å²) in [6.45, 7) is 11.0. The molecule has 4 aromatic rings. The van der Waals surface area contributed by atoms with Crippen molar-refractivity contribution in [2.45, 2.75) is 64.9 Å². The van der Waals surface area contributed by atoms with Gasteiger partial charge in [0, 0.05) is 18.2 Å². The molecule has 4 saturated carbocycles. The second-order valence-electron chi connectivity index (χ2n) is 18.2. The molecule has 2 N–H and O–H groups in total. The number of benzene rings is 4.